The van der Waals surface area contributed by atoms with E-state index in [1.165, 1.54) is 79.6 Å². The third-order valence-corrected chi connectivity index (χ3v) is 23.9. The Labute approximate surface area is 796 Å². The van der Waals surface area contributed by atoms with Crippen LogP contribution >= 0.6 is 0 Å². The number of rotatable bonds is 23. The van der Waals surface area contributed by atoms with Crippen LogP contribution < -0.4 is 50.3 Å². The van der Waals surface area contributed by atoms with E-state index in [0.717, 1.165) is 129 Å². The van der Waals surface area contributed by atoms with Gasteiger partial charge in [0.05, 0.1) is 27.6 Å². The van der Waals surface area contributed by atoms with Crippen molar-refractivity contribution in [2.45, 2.75) is 103 Å². The van der Waals surface area contributed by atoms with Crippen LogP contribution in [0.25, 0.3) is 76.1 Å². The van der Waals surface area contributed by atoms with Gasteiger partial charge < -0.3 is 50.3 Å². The molecule has 3 saturated carbocycles. The summed E-state index contributed by atoms with van der Waals surface area (Å²) in [6.07, 6.45) is 12.1. The molecule has 0 atom stereocenters. The lowest BCUT2D eigenvalue weighted by atomic mass is 9.92. The molecule has 139 heavy (non-hydrogen) atoms. The smallest absolute Gasteiger partial charge is 0.324 e. The van der Waals surface area contributed by atoms with Crippen LogP contribution in [0.4, 0.5) is 58.2 Å². The summed E-state index contributed by atoms with van der Waals surface area (Å²) >= 11 is 0. The zero-order chi connectivity index (χ0) is 93.3. The number of fused-ring (bicyclic) bond motifs is 8. The summed E-state index contributed by atoms with van der Waals surface area (Å²) in [6.45, 7) is 5.92. The first-order chi connectivity index (χ1) is 68.4. The lowest BCUT2D eigenvalue weighted by Crippen LogP contribution is -2.03. The molecule has 30 heteroatoms. The molecular weight excluding hydrogens is 1740 g/mol. The first-order valence-electron chi connectivity index (χ1n) is 46.4. The first-order valence-corrected chi connectivity index (χ1v) is 46.4. The predicted molar refractivity (Wildman–Crippen MR) is 541 cm³/mol. The SMILES string of the molecule is Cc1cc(Nc2nc(Oc3ccc4ccccc4c3)nc3ccccc23)n[nH]1.Cc1cc(Nc2nc(Oc3ccccc3)nc3ccccc23)n[nH]1.Cc1cccc(Oc2nc(Nc3cc(C4CC4)[nH]n3)c3ccccc3n2)c1.c1ccc2c(Nc3cc(C4CC4)[nH]n3)nc(Oc3ccc4c(c3)CCCC4)nc2c1.c1ccc2cc(Oc3nc(Nc4cc(C5CC5)[nH]n4)c4ccccc4n3)ccc2c1. The molecule has 0 amide bonds. The van der Waals surface area contributed by atoms with Gasteiger partial charge in [-0.15, -0.1) is 0 Å². The van der Waals surface area contributed by atoms with Gasteiger partial charge in [-0.25, -0.2) is 0 Å². The molecule has 0 radical (unpaired) electrons. The number of para-hydroxylation sites is 6. The Morgan fingerprint density at radius 1 is 0.237 bits per heavy atom. The molecule has 3 fully saturated rings. The number of anilines is 10. The van der Waals surface area contributed by atoms with Gasteiger partial charge in [0, 0.05) is 103 Å². The van der Waals surface area contributed by atoms with Gasteiger partial charge in [-0.3, -0.25) is 25.5 Å². The van der Waals surface area contributed by atoms with E-state index in [1.54, 1.807) is 0 Å². The van der Waals surface area contributed by atoms with Crippen LogP contribution in [-0.4, -0.2) is 101 Å². The molecule has 0 saturated heterocycles. The molecule has 684 valence electrons. The molecule has 10 aromatic heterocycles. The van der Waals surface area contributed by atoms with Crippen molar-refractivity contribution in [1.82, 2.24) is 101 Å². The predicted octanol–water partition coefficient (Wildman–Crippen LogP) is 26.2. The van der Waals surface area contributed by atoms with Gasteiger partial charge in [-0.05, 0) is 245 Å². The summed E-state index contributed by atoms with van der Waals surface area (Å²) in [6, 6.07) is 103. The number of nitrogens with zero attached hydrogens (tertiary/aromatic N) is 15. The quantitative estimate of drug-likeness (QED) is 0.0284. The van der Waals surface area contributed by atoms with Crippen LogP contribution in [0.15, 0.2) is 309 Å². The number of hydrogen-bond acceptors (Lipinski definition) is 25. The molecule has 22 aromatic rings. The number of aromatic amines is 5. The molecule has 30 nitrogen and oxygen atoms in total. The summed E-state index contributed by atoms with van der Waals surface area (Å²) in [5.74, 6) is 12.4. The molecule has 26 rings (SSSR count). The van der Waals surface area contributed by atoms with E-state index in [-0.39, 0.29) is 12.0 Å². The number of benzene rings is 12. The van der Waals surface area contributed by atoms with Gasteiger partial charge in [0.2, 0.25) is 0 Å². The minimum atomic E-state index is 0.281. The largest absolute Gasteiger partial charge is 0.424 e. The average molecular weight is 1830 g/mol. The van der Waals surface area contributed by atoms with Gasteiger partial charge in [0.25, 0.3) is 0 Å². The number of hydrogen-bond donors (Lipinski definition) is 10. The topological polar surface area (TPSA) is 379 Å². The number of ether oxygens (including phenoxy) is 5. The van der Waals surface area contributed by atoms with E-state index in [2.05, 4.69) is 182 Å². The Hall–Kier alpha value is -18.1. The Morgan fingerprint density at radius 3 is 0.885 bits per heavy atom. The second-order valence-corrected chi connectivity index (χ2v) is 34.6. The molecular formula is C109H93N25O5. The van der Waals surface area contributed by atoms with Crippen LogP contribution in [0.2, 0.25) is 0 Å². The highest BCUT2D eigenvalue weighted by molar-refractivity contribution is 5.95. The zero-order valence-corrected chi connectivity index (χ0v) is 76.0. The van der Waals surface area contributed by atoms with E-state index < -0.39 is 0 Å². The Balaban J connectivity index is 0.000000100. The van der Waals surface area contributed by atoms with Crippen molar-refractivity contribution in [3.05, 3.63) is 355 Å². The number of aryl methyl sites for hydroxylation is 5. The Kier molecular flexibility index (Phi) is 24.4. The average Bonchev–Trinajstić information content (AvgIpc) is 1.77. The molecule has 4 aliphatic rings. The third-order valence-electron chi connectivity index (χ3n) is 23.9. The number of nitrogens with one attached hydrogen (secondary N) is 10. The van der Waals surface area contributed by atoms with Gasteiger partial charge in [-0.2, -0.15) is 75.3 Å². The summed E-state index contributed by atoms with van der Waals surface area (Å²) in [4.78, 5) is 45.8. The van der Waals surface area contributed by atoms with Gasteiger partial charge in [0.15, 0.2) is 29.1 Å². The fourth-order valence-corrected chi connectivity index (χ4v) is 16.5. The normalized spacial score (nSPS) is 13.1. The molecule has 0 unspecified atom stereocenters. The standard InChI is InChI=1S/C24H23N5O.C24H19N5O.C22H17N5O.C21H19N5O.C18H15N5O/c2*1-2-6-17-13-18(12-11-15(17)5-1)30-24-25-20-8-4-3-7-19(20)23(27-24)26-22-14-21(28-29-22)16-9-10-16;1-14-12-20(27-26-14)24-21-18-8-4-5-9-19(18)23-22(25-21)28-17-11-10-15-6-2-3-7-16(15)13-17;1-13-5-4-6-15(11-13)27-21-22-17-8-3-2-7-16(17)20(24-21)23-19-12-18(25-26-19)14-9-10-14;1-12-11-16(23-22-12)20-17-14-9-5-6-10-15(14)19-18(21-17)24-13-7-3-2-4-8-13/h3-4,7-8,11-14,16H,1-2,5-6,9-10H2,(H2,25,26,27,28,29);1-8,11-14,16H,9-10H2,(H2,25,26,27,28,29);2-13H,1H3,(H2,23,24,25,26,27);2-8,11-12,14H,9-10H2,1H3,(H2,22,23,24,25,26);2-11H,1H3,(H2,19,20,21,22,23). The van der Waals surface area contributed by atoms with E-state index in [0.29, 0.717) is 99.5 Å². The third kappa shape index (κ3) is 21.1. The van der Waals surface area contributed by atoms with Crippen molar-refractivity contribution < 1.29 is 23.7 Å². The molecule has 0 spiro atoms. The summed E-state index contributed by atoms with van der Waals surface area (Å²) in [5.41, 5.74) is 13.4. The Bertz CT molecular complexity index is 8190. The maximum atomic E-state index is 6.09. The van der Waals surface area contributed by atoms with Crippen LogP contribution in [0.3, 0.4) is 0 Å². The summed E-state index contributed by atoms with van der Waals surface area (Å²) in [5, 5.41) is 62.3. The monoisotopic (exact) mass is 1830 g/mol. The van der Waals surface area contributed by atoms with Crippen LogP contribution in [0.1, 0.15) is 114 Å². The highest BCUT2D eigenvalue weighted by Crippen LogP contribution is 2.44. The van der Waals surface area contributed by atoms with Crippen molar-refractivity contribution in [1.29, 1.82) is 0 Å². The maximum absolute atomic E-state index is 6.09. The second kappa shape index (κ2) is 39.2. The molecule has 0 bridgehead atoms. The van der Waals surface area contributed by atoms with Crippen LogP contribution in [0, 0.1) is 20.8 Å². The van der Waals surface area contributed by atoms with Crippen LogP contribution in [0.5, 0.6) is 58.8 Å². The first kappa shape index (κ1) is 86.3. The number of aromatic nitrogens is 20. The molecule has 10 heterocycles. The maximum Gasteiger partial charge on any atom is 0.324 e. The molecule has 0 aliphatic heterocycles. The fourth-order valence-electron chi connectivity index (χ4n) is 16.5. The zero-order valence-electron chi connectivity index (χ0n) is 76.0. The van der Waals surface area contributed by atoms with E-state index in [9.17, 15) is 0 Å². The fraction of sp³-hybridized carbons (Fsp3) is 0.147. The van der Waals surface area contributed by atoms with E-state index in [4.69, 9.17) is 23.7 Å². The van der Waals surface area contributed by atoms with Gasteiger partial charge in [0.1, 0.15) is 57.8 Å². The van der Waals surface area contributed by atoms with Gasteiger partial charge in [-0.1, -0.05) is 158 Å². The van der Waals surface area contributed by atoms with E-state index >= 15 is 0 Å². The second-order valence-electron chi connectivity index (χ2n) is 34.6. The van der Waals surface area contributed by atoms with Crippen molar-refractivity contribution >= 4 is 134 Å². The lowest BCUT2D eigenvalue weighted by Gasteiger charge is -2.16. The minimum absolute atomic E-state index is 0.281. The lowest BCUT2D eigenvalue weighted by molar-refractivity contribution is 0.443. The number of H-pyrrole nitrogens is 5. The molecule has 10 N–H and O–H groups in total. The minimum Gasteiger partial charge on any atom is -0.424 e. The van der Waals surface area contributed by atoms with Crippen LogP contribution in [-0.2, 0) is 12.8 Å². The molecule has 4 aliphatic carbocycles. The van der Waals surface area contributed by atoms with Crippen molar-refractivity contribution in [2.75, 3.05) is 26.6 Å². The van der Waals surface area contributed by atoms with Crippen molar-refractivity contribution in [3.8, 4) is 58.8 Å². The highest BCUT2D eigenvalue weighted by atomic mass is 16.5. The summed E-state index contributed by atoms with van der Waals surface area (Å²) in [7, 11) is 0. The highest BCUT2D eigenvalue weighted by Gasteiger charge is 2.29. The van der Waals surface area contributed by atoms with Crippen molar-refractivity contribution in [2.24, 2.45) is 0 Å². The molecule has 12 aromatic carbocycles. The van der Waals surface area contributed by atoms with E-state index in [1.807, 2.05) is 276 Å². The van der Waals surface area contributed by atoms with Gasteiger partial charge >= 0.3 is 30.1 Å². The summed E-state index contributed by atoms with van der Waals surface area (Å²) < 4.78 is 29.8. The Morgan fingerprint density at radius 2 is 0.532 bits per heavy atom. The van der Waals surface area contributed by atoms with Crippen molar-refractivity contribution in [3.63, 3.8) is 0 Å².